The highest BCUT2D eigenvalue weighted by atomic mass is 19.1. The summed E-state index contributed by atoms with van der Waals surface area (Å²) in [6, 6.07) is 24.7. The minimum Gasteiger partial charge on any atom is -0.489 e. The van der Waals surface area contributed by atoms with Crippen LogP contribution < -0.4 is 15.4 Å². The summed E-state index contributed by atoms with van der Waals surface area (Å²) in [5.74, 6) is -0.406. The summed E-state index contributed by atoms with van der Waals surface area (Å²) >= 11 is 0. The summed E-state index contributed by atoms with van der Waals surface area (Å²) in [6.45, 7) is 0.416. The third-order valence-electron chi connectivity index (χ3n) is 6.40. The maximum Gasteiger partial charge on any atom is 0.275 e. The van der Waals surface area contributed by atoms with E-state index in [4.69, 9.17) is 4.74 Å². The van der Waals surface area contributed by atoms with Gasteiger partial charge in [-0.1, -0.05) is 42.5 Å². The summed E-state index contributed by atoms with van der Waals surface area (Å²) in [5, 5.41) is 23.7. The molecule has 196 valence electrons. The van der Waals surface area contributed by atoms with Gasteiger partial charge in [0.25, 0.3) is 5.91 Å². The zero-order valence-electron chi connectivity index (χ0n) is 20.9. The van der Waals surface area contributed by atoms with Gasteiger partial charge in [-0.15, -0.1) is 5.10 Å². The molecule has 0 bridgehead atoms. The first-order chi connectivity index (χ1) is 18.9. The SMILES string of the molecule is N#CC1(N[C@@](C=O)(Cc2ccc(OCc3ccccc3)cc2)NC(=O)c2cnn(-c3ccc(F)cc3)n2)CC1. The second-order valence-corrected chi connectivity index (χ2v) is 9.45. The third kappa shape index (κ3) is 6.17. The summed E-state index contributed by atoms with van der Waals surface area (Å²) in [7, 11) is 0. The Balaban J connectivity index is 1.32. The molecule has 4 aromatic rings. The molecule has 0 unspecified atom stereocenters. The van der Waals surface area contributed by atoms with Crippen LogP contribution >= 0.6 is 0 Å². The van der Waals surface area contributed by atoms with Crippen molar-refractivity contribution in [3.8, 4) is 17.5 Å². The van der Waals surface area contributed by atoms with Crippen LogP contribution in [0.25, 0.3) is 5.69 Å². The lowest BCUT2D eigenvalue weighted by Crippen LogP contribution is -2.65. The largest absolute Gasteiger partial charge is 0.489 e. The molecule has 2 N–H and O–H groups in total. The van der Waals surface area contributed by atoms with Gasteiger partial charge in [0.15, 0.2) is 17.6 Å². The number of aldehydes is 1. The van der Waals surface area contributed by atoms with Crippen molar-refractivity contribution < 1.29 is 18.7 Å². The van der Waals surface area contributed by atoms with Crippen molar-refractivity contribution in [1.82, 2.24) is 25.6 Å². The standard InChI is InChI=1S/C29H25FN6O3/c30-23-8-10-24(11-9-23)36-32-17-26(34-36)27(38)33-29(20-37,35-28(19-31)14-15-28)16-21-6-12-25(13-7-21)39-18-22-4-2-1-3-5-22/h1-13,17,20,35H,14-16,18H2,(H,33,38)/t29-/m1/s1. The molecule has 1 amide bonds. The number of ether oxygens (including phenoxy) is 1. The molecule has 1 aromatic heterocycles. The van der Waals surface area contributed by atoms with Crippen molar-refractivity contribution in [3.63, 3.8) is 0 Å². The van der Waals surface area contributed by atoms with Gasteiger partial charge in [0.05, 0.1) is 18.0 Å². The first-order valence-corrected chi connectivity index (χ1v) is 12.3. The second-order valence-electron chi connectivity index (χ2n) is 9.45. The molecule has 0 spiro atoms. The van der Waals surface area contributed by atoms with Crippen LogP contribution in [0.15, 0.2) is 85.1 Å². The molecule has 10 heteroatoms. The molecule has 1 saturated carbocycles. The quantitative estimate of drug-likeness (QED) is 0.227. The van der Waals surface area contributed by atoms with Gasteiger partial charge in [-0.25, -0.2) is 4.39 Å². The van der Waals surface area contributed by atoms with E-state index in [2.05, 4.69) is 26.9 Å². The highest BCUT2D eigenvalue weighted by Crippen LogP contribution is 2.36. The molecule has 0 radical (unpaired) electrons. The molecule has 5 rings (SSSR count). The Kier molecular flexibility index (Phi) is 7.17. The number of nitriles is 1. The summed E-state index contributed by atoms with van der Waals surface area (Å²) in [6.07, 6.45) is 3.05. The van der Waals surface area contributed by atoms with E-state index in [1.54, 1.807) is 12.1 Å². The molecule has 9 nitrogen and oxygen atoms in total. The van der Waals surface area contributed by atoms with Crippen LogP contribution in [0.4, 0.5) is 4.39 Å². The zero-order chi connectivity index (χ0) is 27.3. The summed E-state index contributed by atoms with van der Waals surface area (Å²) in [5.41, 5.74) is -0.277. The van der Waals surface area contributed by atoms with Gasteiger partial charge >= 0.3 is 0 Å². The summed E-state index contributed by atoms with van der Waals surface area (Å²) in [4.78, 5) is 26.9. The van der Waals surface area contributed by atoms with Crippen molar-refractivity contribution in [2.24, 2.45) is 0 Å². The Morgan fingerprint density at radius 2 is 1.79 bits per heavy atom. The monoisotopic (exact) mass is 524 g/mol. The molecule has 0 aliphatic heterocycles. The Morgan fingerprint density at radius 1 is 1.08 bits per heavy atom. The maximum atomic E-state index is 13.3. The molecule has 1 aliphatic carbocycles. The number of benzene rings is 3. The molecule has 3 aromatic carbocycles. The number of carbonyl (C=O) groups excluding carboxylic acids is 2. The number of rotatable bonds is 11. The number of aromatic nitrogens is 3. The van der Waals surface area contributed by atoms with Crippen molar-refractivity contribution >= 4 is 12.2 Å². The first-order valence-electron chi connectivity index (χ1n) is 12.3. The number of hydrogen-bond donors (Lipinski definition) is 2. The van der Waals surface area contributed by atoms with Gasteiger partial charge in [-0.05, 0) is 60.4 Å². The number of halogens is 1. The number of nitrogens with zero attached hydrogens (tertiary/aromatic N) is 4. The minimum absolute atomic E-state index is 0.0428. The van der Waals surface area contributed by atoms with Crippen molar-refractivity contribution in [1.29, 1.82) is 5.26 Å². The van der Waals surface area contributed by atoms with Crippen LogP contribution in [-0.2, 0) is 17.8 Å². The molecule has 1 fully saturated rings. The lowest BCUT2D eigenvalue weighted by molar-refractivity contribution is -0.114. The van der Waals surface area contributed by atoms with E-state index in [0.29, 0.717) is 37.2 Å². The second kappa shape index (κ2) is 10.8. The van der Waals surface area contributed by atoms with Crippen molar-refractivity contribution in [2.75, 3.05) is 0 Å². The highest BCUT2D eigenvalue weighted by molar-refractivity contribution is 5.94. The number of hydrogen-bond acceptors (Lipinski definition) is 7. The highest BCUT2D eigenvalue weighted by Gasteiger charge is 2.50. The zero-order valence-corrected chi connectivity index (χ0v) is 20.9. The fourth-order valence-electron chi connectivity index (χ4n) is 4.14. The van der Waals surface area contributed by atoms with Crippen molar-refractivity contribution in [2.45, 2.75) is 37.1 Å². The van der Waals surface area contributed by atoms with Crippen LogP contribution in [0.3, 0.4) is 0 Å². The van der Waals surface area contributed by atoms with Gasteiger partial charge in [-0.3, -0.25) is 14.9 Å². The average Bonchev–Trinajstić information content (AvgIpc) is 3.55. The smallest absolute Gasteiger partial charge is 0.275 e. The predicted octanol–water partition coefficient (Wildman–Crippen LogP) is 3.50. The minimum atomic E-state index is -1.57. The molecule has 0 saturated heterocycles. The van der Waals surface area contributed by atoms with E-state index >= 15 is 0 Å². The van der Waals surface area contributed by atoms with Crippen LogP contribution in [0, 0.1) is 17.1 Å². The van der Waals surface area contributed by atoms with Crippen LogP contribution in [-0.4, -0.2) is 38.4 Å². The van der Waals surface area contributed by atoms with Crippen LogP contribution in [0.1, 0.15) is 34.5 Å². The van der Waals surface area contributed by atoms with E-state index in [9.17, 15) is 19.2 Å². The molecular formula is C29H25FN6O3. The lowest BCUT2D eigenvalue weighted by Gasteiger charge is -2.32. The molecular weight excluding hydrogens is 499 g/mol. The Hall–Kier alpha value is -4.88. The number of nitrogens with one attached hydrogen (secondary N) is 2. The Morgan fingerprint density at radius 3 is 2.44 bits per heavy atom. The normalized spacial score (nSPS) is 15.0. The van der Waals surface area contributed by atoms with Crippen molar-refractivity contribution in [3.05, 3.63) is 108 Å². The average molecular weight is 525 g/mol. The molecule has 1 aliphatic rings. The maximum absolute atomic E-state index is 13.3. The van der Waals surface area contributed by atoms with E-state index in [-0.39, 0.29) is 12.1 Å². The van der Waals surface area contributed by atoms with Crippen LogP contribution in [0.2, 0.25) is 0 Å². The van der Waals surface area contributed by atoms with E-state index in [1.165, 1.54) is 35.3 Å². The Labute approximate surface area is 224 Å². The third-order valence-corrected chi connectivity index (χ3v) is 6.40. The van der Waals surface area contributed by atoms with Gasteiger partial charge in [-0.2, -0.15) is 15.2 Å². The van der Waals surface area contributed by atoms with Gasteiger partial charge < -0.3 is 10.1 Å². The van der Waals surface area contributed by atoms with Gasteiger partial charge in [0.2, 0.25) is 0 Å². The lowest BCUT2D eigenvalue weighted by atomic mass is 9.98. The van der Waals surface area contributed by atoms with Crippen LogP contribution in [0.5, 0.6) is 5.75 Å². The fraction of sp³-hybridized carbons (Fsp3) is 0.207. The van der Waals surface area contributed by atoms with E-state index in [1.807, 2.05) is 42.5 Å². The summed E-state index contributed by atoms with van der Waals surface area (Å²) < 4.78 is 19.1. The fourth-order valence-corrected chi connectivity index (χ4v) is 4.14. The molecule has 1 atom stereocenters. The number of carbonyl (C=O) groups is 2. The van der Waals surface area contributed by atoms with Gasteiger partial charge in [0, 0.05) is 6.42 Å². The number of amides is 1. The van der Waals surface area contributed by atoms with E-state index < -0.39 is 22.9 Å². The predicted molar refractivity (Wildman–Crippen MR) is 139 cm³/mol. The Bertz CT molecular complexity index is 1490. The molecule has 39 heavy (non-hydrogen) atoms. The molecule has 1 heterocycles. The first kappa shape index (κ1) is 25.8. The topological polar surface area (TPSA) is 122 Å². The van der Waals surface area contributed by atoms with E-state index in [0.717, 1.165) is 11.1 Å². The van der Waals surface area contributed by atoms with Gasteiger partial charge in [0.1, 0.15) is 23.7 Å².